The lowest BCUT2D eigenvalue weighted by molar-refractivity contribution is -0.137. The molecule has 2 saturated heterocycles. The molecule has 2 fully saturated rings. The van der Waals surface area contributed by atoms with Crippen LogP contribution >= 0.6 is 12.8 Å². The molecule has 0 aliphatic carbocycles. The highest BCUT2D eigenvalue weighted by atomic mass is 32.1. The van der Waals surface area contributed by atoms with E-state index >= 15 is 0 Å². The normalized spacial score (nSPS) is 25.6. The molecule has 168 valence electrons. The fourth-order valence-corrected chi connectivity index (χ4v) is 5.42. The first-order valence-corrected chi connectivity index (χ1v) is 11.3. The summed E-state index contributed by atoms with van der Waals surface area (Å²) in [5, 5.41) is 6.77. The molecule has 0 bridgehead atoms. The number of hydrogen-bond acceptors (Lipinski definition) is 5. The van der Waals surface area contributed by atoms with Crippen LogP contribution in [-0.2, 0) is 9.59 Å². The zero-order chi connectivity index (χ0) is 22.3. The number of fused-ring (bicyclic) bond motifs is 2. The Morgan fingerprint density at radius 3 is 2.87 bits per heavy atom. The number of carbonyl (C=O) groups is 2. The summed E-state index contributed by atoms with van der Waals surface area (Å²) in [7, 11) is 1.72. The molecule has 0 saturated carbocycles. The van der Waals surface area contributed by atoms with Crippen molar-refractivity contribution in [1.82, 2.24) is 24.8 Å². The van der Waals surface area contributed by atoms with E-state index in [1.165, 1.54) is 12.1 Å². The average molecular weight is 448 g/mol. The Labute approximate surface area is 187 Å². The molecular weight excluding hydrogens is 417 g/mol. The van der Waals surface area contributed by atoms with Gasteiger partial charge in [-0.1, -0.05) is 19.7 Å². The van der Waals surface area contributed by atoms with E-state index in [9.17, 15) is 14.0 Å². The van der Waals surface area contributed by atoms with Crippen molar-refractivity contribution in [3.63, 3.8) is 0 Å². The molecule has 2 aliphatic heterocycles. The number of halogens is 1. The molecule has 1 aromatic heterocycles. The second-order valence-electron chi connectivity index (χ2n) is 8.52. The lowest BCUT2D eigenvalue weighted by Crippen LogP contribution is -2.54. The van der Waals surface area contributed by atoms with Gasteiger partial charge in [-0.2, -0.15) is 0 Å². The minimum absolute atomic E-state index is 0.0401. The number of hydrogen-bond donors (Lipinski definition) is 4. The number of nitrogens with one attached hydrogen (secondary N) is 3. The zero-order valence-corrected chi connectivity index (χ0v) is 19.0. The summed E-state index contributed by atoms with van der Waals surface area (Å²) in [5.41, 5.74) is 1.82. The van der Waals surface area contributed by atoms with Crippen LogP contribution in [0.3, 0.4) is 0 Å². The highest BCUT2D eigenvalue weighted by Gasteiger charge is 2.51. The highest BCUT2D eigenvalue weighted by Crippen LogP contribution is 2.43. The topological polar surface area (TPSA) is 80.5 Å². The molecule has 0 spiro atoms. The number of aromatic amines is 1. The van der Waals surface area contributed by atoms with Gasteiger partial charge in [0.1, 0.15) is 11.9 Å². The van der Waals surface area contributed by atoms with Gasteiger partial charge in [-0.15, -0.1) is 0 Å². The molecule has 2 aliphatic rings. The molecule has 31 heavy (non-hydrogen) atoms. The molecular formula is C22H30FN5O2S. The van der Waals surface area contributed by atoms with Crippen LogP contribution in [-0.4, -0.2) is 70.3 Å². The smallest absolute Gasteiger partial charge is 0.245 e. The van der Waals surface area contributed by atoms with Crippen LogP contribution in [0.2, 0.25) is 0 Å². The van der Waals surface area contributed by atoms with E-state index in [1.54, 1.807) is 20.0 Å². The predicted octanol–water partition coefficient (Wildman–Crippen LogP) is 2.02. The molecule has 5 atom stereocenters. The Hall–Kier alpha value is -2.10. The number of thiol groups is 1. The Kier molecular flexibility index (Phi) is 6.27. The number of amides is 2. The van der Waals surface area contributed by atoms with Crippen molar-refractivity contribution in [1.29, 1.82) is 0 Å². The lowest BCUT2D eigenvalue weighted by atomic mass is 9.91. The van der Waals surface area contributed by atoms with Gasteiger partial charge in [-0.05, 0) is 50.6 Å². The van der Waals surface area contributed by atoms with E-state index in [0.717, 1.165) is 22.9 Å². The fraction of sp³-hybridized carbons (Fsp3) is 0.545. The van der Waals surface area contributed by atoms with Crippen molar-refractivity contribution in [2.75, 3.05) is 20.1 Å². The number of rotatable bonds is 6. The van der Waals surface area contributed by atoms with Gasteiger partial charge in [0.05, 0.1) is 12.1 Å². The Balaban J connectivity index is 1.61. The maximum atomic E-state index is 13.7. The van der Waals surface area contributed by atoms with Crippen molar-refractivity contribution in [2.45, 2.75) is 56.8 Å². The van der Waals surface area contributed by atoms with E-state index in [1.807, 2.05) is 22.3 Å². The van der Waals surface area contributed by atoms with Gasteiger partial charge < -0.3 is 20.5 Å². The molecule has 3 heterocycles. The highest BCUT2D eigenvalue weighted by molar-refractivity contribution is 7.77. The van der Waals surface area contributed by atoms with Gasteiger partial charge in [0.15, 0.2) is 0 Å². The molecule has 1 aromatic carbocycles. The molecule has 2 aromatic rings. The number of H-pyrrole nitrogens is 1. The van der Waals surface area contributed by atoms with Crippen molar-refractivity contribution in [3.8, 4) is 0 Å². The maximum absolute atomic E-state index is 13.7. The lowest BCUT2D eigenvalue weighted by Gasteiger charge is -2.32. The largest absolute Gasteiger partial charge is 0.361 e. The van der Waals surface area contributed by atoms with Crippen LogP contribution in [0.5, 0.6) is 0 Å². The predicted molar refractivity (Wildman–Crippen MR) is 121 cm³/mol. The Morgan fingerprint density at radius 2 is 2.16 bits per heavy atom. The van der Waals surface area contributed by atoms with E-state index < -0.39 is 6.04 Å². The van der Waals surface area contributed by atoms with Crippen molar-refractivity contribution in [2.24, 2.45) is 0 Å². The van der Waals surface area contributed by atoms with Crippen LogP contribution in [0.15, 0.2) is 24.4 Å². The van der Waals surface area contributed by atoms with Crippen LogP contribution in [0.25, 0.3) is 10.9 Å². The minimum Gasteiger partial charge on any atom is -0.361 e. The minimum atomic E-state index is -0.561. The Bertz CT molecular complexity index is 982. The van der Waals surface area contributed by atoms with Crippen LogP contribution < -0.4 is 10.6 Å². The average Bonchev–Trinajstić information content (AvgIpc) is 3.45. The van der Waals surface area contributed by atoms with Crippen LogP contribution in [0, 0.1) is 5.82 Å². The molecule has 7 nitrogen and oxygen atoms in total. The summed E-state index contributed by atoms with van der Waals surface area (Å²) in [5.74, 6) is -0.462. The third kappa shape index (κ3) is 3.94. The number of carbonyl (C=O) groups excluding carboxylic acids is 2. The molecule has 2 amide bonds. The van der Waals surface area contributed by atoms with Gasteiger partial charge in [0, 0.05) is 42.1 Å². The molecule has 0 radical (unpaired) electrons. The number of likely N-dealkylation sites (N-methyl/N-ethyl adjacent to an activating group) is 1. The summed E-state index contributed by atoms with van der Waals surface area (Å²) >= 11 is 4.69. The molecule has 3 N–H and O–H groups in total. The fourth-order valence-electron chi connectivity index (χ4n) is 4.99. The number of benzene rings is 1. The summed E-state index contributed by atoms with van der Waals surface area (Å²) < 4.78 is 15.7. The second kappa shape index (κ2) is 8.80. The number of likely N-dealkylation sites (tertiary alicyclic amines) is 1. The first-order valence-electron chi connectivity index (χ1n) is 10.9. The van der Waals surface area contributed by atoms with Gasteiger partial charge in [-0.3, -0.25) is 9.59 Å². The number of nitrogens with zero attached hydrogens (tertiary/aromatic N) is 2. The van der Waals surface area contributed by atoms with E-state index in [-0.39, 0.29) is 41.7 Å². The van der Waals surface area contributed by atoms with Crippen molar-refractivity contribution < 1.29 is 14.0 Å². The number of aromatic nitrogens is 1. The summed E-state index contributed by atoms with van der Waals surface area (Å²) in [6.45, 7) is 5.01. The maximum Gasteiger partial charge on any atom is 0.245 e. The van der Waals surface area contributed by atoms with Gasteiger partial charge in [0.25, 0.3) is 0 Å². The first-order chi connectivity index (χ1) is 14.8. The van der Waals surface area contributed by atoms with Crippen LogP contribution in [0.4, 0.5) is 4.39 Å². The summed E-state index contributed by atoms with van der Waals surface area (Å²) in [4.78, 5) is 30.9. The van der Waals surface area contributed by atoms with E-state index in [4.69, 9.17) is 12.8 Å². The quantitative estimate of drug-likeness (QED) is 0.511. The molecule has 0 unspecified atom stereocenters. The Morgan fingerprint density at radius 1 is 1.39 bits per heavy atom. The van der Waals surface area contributed by atoms with Gasteiger partial charge in [0.2, 0.25) is 11.8 Å². The molecule has 4 rings (SSSR count). The standard InChI is InChI=1S/C22H30FN5O2S/c1-4-17(26-21(29)12(2)24-3)22(30)27-8-7-19-20(27)16(11-28(19)31)15-10-25-18-9-13(23)5-6-14(15)18/h5-6,9-10,12,16-17,19-20,24-25,31H,4,7-8,11H2,1-3H3,(H,26,29)/t12-,16-,17-,19+,20+/m0/s1. The van der Waals surface area contributed by atoms with Gasteiger partial charge >= 0.3 is 0 Å². The summed E-state index contributed by atoms with van der Waals surface area (Å²) in [6.07, 6.45) is 3.29. The SMILES string of the molecule is CC[C@H](NC(=O)[C@H](C)NC)C(=O)N1CC[C@@H]2[C@H]1[C@H](c1c[nH]c3cc(F)ccc13)CN2S. The van der Waals surface area contributed by atoms with Crippen LogP contribution in [0.1, 0.15) is 38.2 Å². The third-order valence-corrected chi connectivity index (χ3v) is 7.27. The zero-order valence-electron chi connectivity index (χ0n) is 18.1. The second-order valence-corrected chi connectivity index (χ2v) is 9.03. The molecule has 9 heteroatoms. The van der Waals surface area contributed by atoms with Crippen molar-refractivity contribution >= 4 is 35.5 Å². The first kappa shape index (κ1) is 22.1. The van der Waals surface area contributed by atoms with E-state index in [2.05, 4.69) is 15.6 Å². The monoisotopic (exact) mass is 447 g/mol. The summed E-state index contributed by atoms with van der Waals surface area (Å²) in [6, 6.07) is 3.93. The third-order valence-electron chi connectivity index (χ3n) is 6.81. The van der Waals surface area contributed by atoms with Crippen molar-refractivity contribution in [3.05, 3.63) is 35.8 Å². The van der Waals surface area contributed by atoms with Gasteiger partial charge in [-0.25, -0.2) is 8.70 Å². The van der Waals surface area contributed by atoms with E-state index in [0.29, 0.717) is 19.5 Å².